The molecule has 0 spiro atoms. The van der Waals surface area contributed by atoms with E-state index in [0.717, 1.165) is 57.0 Å². The molecule has 2 rings (SSSR count). The molecule has 0 saturated heterocycles. The molecule has 1 aliphatic rings. The lowest BCUT2D eigenvalue weighted by molar-refractivity contribution is 0.0413. The van der Waals surface area contributed by atoms with Crippen LogP contribution in [0.5, 0.6) is 0 Å². The smallest absolute Gasteiger partial charge is 0.191 e. The number of nitrogens with zero attached hydrogens (tertiary/aromatic N) is 1. The molecular formula is C23H39N3O3S. The standard InChI is InChI=1S/C23H39N3O3S/c1-3-24-23(25-17-8-9-19-29-21-10-6-4-5-7-11-21)26-18-16-20-12-14-22(15-13-20)30(2,27)28/h12-15,21H,3-11,16-19H2,1-2H3,(H2,24,25,26). The number of unbranched alkanes of at least 4 members (excludes halogenated alkanes) is 1. The quantitative estimate of drug-likeness (QED) is 0.239. The first-order valence-electron chi connectivity index (χ1n) is 11.4. The average Bonchev–Trinajstić information content (AvgIpc) is 2.99. The van der Waals surface area contributed by atoms with E-state index in [9.17, 15) is 8.42 Å². The molecule has 0 aromatic heterocycles. The van der Waals surface area contributed by atoms with Crippen LogP contribution >= 0.6 is 0 Å². The average molecular weight is 438 g/mol. The molecule has 1 fully saturated rings. The van der Waals surface area contributed by atoms with Crippen LogP contribution in [0.1, 0.15) is 63.9 Å². The van der Waals surface area contributed by atoms with Crippen LogP contribution in [-0.4, -0.2) is 53.0 Å². The van der Waals surface area contributed by atoms with E-state index in [0.29, 0.717) is 11.0 Å². The van der Waals surface area contributed by atoms with Gasteiger partial charge < -0.3 is 15.4 Å². The Kier molecular flexibility index (Phi) is 11.2. The Bertz CT molecular complexity index is 725. The highest BCUT2D eigenvalue weighted by atomic mass is 32.2. The van der Waals surface area contributed by atoms with Crippen molar-refractivity contribution in [2.75, 3.05) is 32.5 Å². The number of hydrogen-bond acceptors (Lipinski definition) is 4. The number of sulfone groups is 1. The first-order valence-corrected chi connectivity index (χ1v) is 13.3. The van der Waals surface area contributed by atoms with Gasteiger partial charge in [-0.1, -0.05) is 37.8 Å². The van der Waals surface area contributed by atoms with Gasteiger partial charge in [-0.3, -0.25) is 4.99 Å². The summed E-state index contributed by atoms with van der Waals surface area (Å²) >= 11 is 0. The third-order valence-electron chi connectivity index (χ3n) is 5.38. The van der Waals surface area contributed by atoms with Crippen LogP contribution < -0.4 is 10.6 Å². The van der Waals surface area contributed by atoms with E-state index in [-0.39, 0.29) is 0 Å². The monoisotopic (exact) mass is 437 g/mol. The van der Waals surface area contributed by atoms with Crippen molar-refractivity contribution in [2.45, 2.75) is 75.7 Å². The summed E-state index contributed by atoms with van der Waals surface area (Å²) in [4.78, 5) is 5.01. The van der Waals surface area contributed by atoms with Gasteiger partial charge in [-0.25, -0.2) is 8.42 Å². The lowest BCUT2D eigenvalue weighted by atomic mass is 10.1. The van der Waals surface area contributed by atoms with E-state index >= 15 is 0 Å². The maximum Gasteiger partial charge on any atom is 0.191 e. The number of guanidine groups is 1. The molecule has 0 unspecified atom stereocenters. The van der Waals surface area contributed by atoms with E-state index in [1.807, 2.05) is 12.1 Å². The molecule has 1 aromatic carbocycles. The molecule has 2 N–H and O–H groups in total. The van der Waals surface area contributed by atoms with E-state index < -0.39 is 9.84 Å². The van der Waals surface area contributed by atoms with Crippen molar-refractivity contribution >= 4 is 15.8 Å². The van der Waals surface area contributed by atoms with Crippen LogP contribution in [0.25, 0.3) is 0 Å². The Morgan fingerprint density at radius 3 is 2.40 bits per heavy atom. The summed E-state index contributed by atoms with van der Waals surface area (Å²) < 4.78 is 29.1. The van der Waals surface area contributed by atoms with Crippen molar-refractivity contribution in [3.8, 4) is 0 Å². The number of nitrogens with one attached hydrogen (secondary N) is 2. The topological polar surface area (TPSA) is 79.8 Å². The van der Waals surface area contributed by atoms with Gasteiger partial charge >= 0.3 is 0 Å². The Hall–Kier alpha value is -1.60. The number of ether oxygens (including phenoxy) is 1. The molecule has 0 atom stereocenters. The molecule has 6 nitrogen and oxygen atoms in total. The Morgan fingerprint density at radius 1 is 1.07 bits per heavy atom. The minimum Gasteiger partial charge on any atom is -0.378 e. The van der Waals surface area contributed by atoms with E-state index in [1.54, 1.807) is 12.1 Å². The molecule has 170 valence electrons. The molecule has 0 heterocycles. The van der Waals surface area contributed by atoms with Gasteiger partial charge in [0.25, 0.3) is 0 Å². The van der Waals surface area contributed by atoms with E-state index in [1.165, 1.54) is 44.8 Å². The van der Waals surface area contributed by atoms with Gasteiger partial charge in [0, 0.05) is 32.5 Å². The normalized spacial score (nSPS) is 16.3. The van der Waals surface area contributed by atoms with Crippen LogP contribution in [0, 0.1) is 0 Å². The number of aliphatic imine (C=N–C) groups is 1. The van der Waals surface area contributed by atoms with Crippen molar-refractivity contribution in [1.82, 2.24) is 10.6 Å². The fourth-order valence-electron chi connectivity index (χ4n) is 3.63. The second kappa shape index (κ2) is 13.7. The zero-order valence-electron chi connectivity index (χ0n) is 18.7. The van der Waals surface area contributed by atoms with Crippen molar-refractivity contribution in [3.63, 3.8) is 0 Å². The highest BCUT2D eigenvalue weighted by Crippen LogP contribution is 2.20. The zero-order chi connectivity index (χ0) is 21.7. The molecular weight excluding hydrogens is 398 g/mol. The first kappa shape index (κ1) is 24.7. The maximum atomic E-state index is 11.5. The Labute approximate surface area is 182 Å². The summed E-state index contributed by atoms with van der Waals surface area (Å²) in [6.45, 7) is 5.25. The van der Waals surface area contributed by atoms with Gasteiger partial charge in [-0.05, 0) is 56.7 Å². The second-order valence-electron chi connectivity index (χ2n) is 8.05. The SMILES string of the molecule is CCNC(=NCCCCOC1CCCCCC1)NCCc1ccc(S(C)(=O)=O)cc1. The third kappa shape index (κ3) is 9.94. The lowest BCUT2D eigenvalue weighted by Crippen LogP contribution is -2.38. The maximum absolute atomic E-state index is 11.5. The predicted molar refractivity (Wildman–Crippen MR) is 124 cm³/mol. The predicted octanol–water partition coefficient (Wildman–Crippen LogP) is 3.71. The summed E-state index contributed by atoms with van der Waals surface area (Å²) in [5, 5.41) is 6.63. The van der Waals surface area contributed by atoms with Crippen molar-refractivity contribution in [2.24, 2.45) is 4.99 Å². The molecule has 0 aliphatic heterocycles. The lowest BCUT2D eigenvalue weighted by Gasteiger charge is -2.15. The number of rotatable bonds is 11. The molecule has 1 saturated carbocycles. The van der Waals surface area contributed by atoms with Gasteiger partial charge in [0.15, 0.2) is 15.8 Å². The molecule has 0 bridgehead atoms. The molecule has 1 aliphatic carbocycles. The van der Waals surface area contributed by atoms with Gasteiger partial charge in [0.05, 0.1) is 11.0 Å². The Balaban J connectivity index is 1.64. The van der Waals surface area contributed by atoms with Gasteiger partial charge in [-0.2, -0.15) is 0 Å². The summed E-state index contributed by atoms with van der Waals surface area (Å²) in [7, 11) is -3.14. The van der Waals surface area contributed by atoms with Crippen molar-refractivity contribution in [1.29, 1.82) is 0 Å². The van der Waals surface area contributed by atoms with E-state index in [2.05, 4.69) is 22.5 Å². The van der Waals surface area contributed by atoms with Crippen molar-refractivity contribution in [3.05, 3.63) is 29.8 Å². The van der Waals surface area contributed by atoms with Crippen LogP contribution in [0.3, 0.4) is 0 Å². The van der Waals surface area contributed by atoms with Gasteiger partial charge in [0.2, 0.25) is 0 Å². The zero-order valence-corrected chi connectivity index (χ0v) is 19.5. The fraction of sp³-hybridized carbons (Fsp3) is 0.696. The van der Waals surface area contributed by atoms with Gasteiger partial charge in [0.1, 0.15) is 0 Å². The summed E-state index contributed by atoms with van der Waals surface area (Å²) in [5.74, 6) is 0.829. The van der Waals surface area contributed by atoms with Crippen LogP contribution in [0.15, 0.2) is 34.2 Å². The minimum absolute atomic E-state index is 0.358. The molecule has 0 radical (unpaired) electrons. The largest absolute Gasteiger partial charge is 0.378 e. The van der Waals surface area contributed by atoms with Crippen LogP contribution in [-0.2, 0) is 21.0 Å². The number of hydrogen-bond donors (Lipinski definition) is 2. The molecule has 7 heteroatoms. The van der Waals surface area contributed by atoms with Crippen LogP contribution in [0.2, 0.25) is 0 Å². The molecule has 0 amide bonds. The summed E-state index contributed by atoms with van der Waals surface area (Å²) in [6, 6.07) is 7.08. The van der Waals surface area contributed by atoms with Gasteiger partial charge in [-0.15, -0.1) is 0 Å². The highest BCUT2D eigenvalue weighted by molar-refractivity contribution is 7.90. The third-order valence-corrected chi connectivity index (χ3v) is 6.51. The summed E-state index contributed by atoms with van der Waals surface area (Å²) in [6.07, 6.45) is 12.4. The second-order valence-corrected chi connectivity index (χ2v) is 10.1. The Morgan fingerprint density at radius 2 is 1.77 bits per heavy atom. The fourth-order valence-corrected chi connectivity index (χ4v) is 4.26. The van der Waals surface area contributed by atoms with Crippen LogP contribution in [0.4, 0.5) is 0 Å². The number of benzene rings is 1. The minimum atomic E-state index is -3.14. The first-order chi connectivity index (χ1) is 14.5. The van der Waals surface area contributed by atoms with Crippen molar-refractivity contribution < 1.29 is 13.2 Å². The van der Waals surface area contributed by atoms with E-state index in [4.69, 9.17) is 4.74 Å². The summed E-state index contributed by atoms with van der Waals surface area (Å²) in [5.41, 5.74) is 1.10. The highest BCUT2D eigenvalue weighted by Gasteiger charge is 2.11. The molecule has 1 aromatic rings. The molecule has 30 heavy (non-hydrogen) atoms.